The minimum Gasteiger partial charge on any atom is -0.462 e. The van der Waals surface area contributed by atoms with E-state index >= 15 is 0 Å². The molecule has 51 heavy (non-hydrogen) atoms. The Morgan fingerprint density at radius 1 is 0.373 bits per heavy atom. The Morgan fingerprint density at radius 3 is 0.961 bits per heavy atom. The molecule has 0 fully saturated rings. The number of carbonyl (C=O) groups is 3. The summed E-state index contributed by atoms with van der Waals surface area (Å²) in [6, 6.07) is 0. The fourth-order valence-electron chi connectivity index (χ4n) is 6.58. The quantitative estimate of drug-likeness (QED) is 0.0357. The van der Waals surface area contributed by atoms with Gasteiger partial charge >= 0.3 is 17.9 Å². The first kappa shape index (κ1) is 49.4. The van der Waals surface area contributed by atoms with Crippen molar-refractivity contribution in [3.05, 3.63) is 0 Å². The first-order valence-corrected chi connectivity index (χ1v) is 22.2. The van der Waals surface area contributed by atoms with Crippen LogP contribution in [0.3, 0.4) is 0 Å². The van der Waals surface area contributed by atoms with Gasteiger partial charge in [-0.2, -0.15) is 0 Å². The van der Waals surface area contributed by atoms with Crippen LogP contribution >= 0.6 is 0 Å². The van der Waals surface area contributed by atoms with Crippen LogP contribution in [0, 0.1) is 11.8 Å². The zero-order chi connectivity index (χ0) is 37.6. The minimum absolute atomic E-state index is 0.0657. The molecule has 0 saturated carbocycles. The van der Waals surface area contributed by atoms with Crippen LogP contribution < -0.4 is 0 Å². The molecule has 0 aromatic rings. The van der Waals surface area contributed by atoms with E-state index in [2.05, 4.69) is 34.6 Å². The SMILES string of the molecule is CCCCCCCCCC(=O)OC[C@H](COC(=O)CCCCCCCCCCCC(C)C)OC(=O)CCCCCCCCCCCCCC(C)C. The summed E-state index contributed by atoms with van der Waals surface area (Å²) in [6.45, 7) is 11.3. The van der Waals surface area contributed by atoms with E-state index in [9.17, 15) is 14.4 Å². The molecule has 0 bridgehead atoms. The standard InChI is InChI=1S/C45H86O6/c1-6-7-8-9-18-25-30-35-43(46)49-38-42(39-50-44(47)36-31-26-21-17-13-15-20-24-29-34-41(4)5)51-45(48)37-32-27-22-16-12-10-11-14-19-23-28-33-40(2)3/h40-42H,6-39H2,1-5H3/t42-/m1/s1. The fraction of sp³-hybridized carbons (Fsp3) is 0.933. The Labute approximate surface area is 317 Å². The lowest BCUT2D eigenvalue weighted by atomic mass is 10.0. The highest BCUT2D eigenvalue weighted by Gasteiger charge is 2.19. The lowest BCUT2D eigenvalue weighted by Crippen LogP contribution is -2.30. The van der Waals surface area contributed by atoms with Gasteiger partial charge in [-0.25, -0.2) is 0 Å². The molecule has 0 aliphatic heterocycles. The molecule has 0 spiro atoms. The molecule has 0 unspecified atom stereocenters. The van der Waals surface area contributed by atoms with Gasteiger partial charge < -0.3 is 14.2 Å². The van der Waals surface area contributed by atoms with Crippen molar-refractivity contribution in [1.29, 1.82) is 0 Å². The van der Waals surface area contributed by atoms with Crippen LogP contribution in [0.5, 0.6) is 0 Å². The summed E-state index contributed by atoms with van der Waals surface area (Å²) in [5.41, 5.74) is 0. The lowest BCUT2D eigenvalue weighted by Gasteiger charge is -2.18. The predicted octanol–water partition coefficient (Wildman–Crippen LogP) is 13.8. The normalized spacial score (nSPS) is 12.1. The summed E-state index contributed by atoms with van der Waals surface area (Å²) in [7, 11) is 0. The number of hydrogen-bond donors (Lipinski definition) is 0. The first-order chi connectivity index (χ1) is 24.7. The van der Waals surface area contributed by atoms with Crippen molar-refractivity contribution in [2.24, 2.45) is 11.8 Å². The molecule has 302 valence electrons. The van der Waals surface area contributed by atoms with Crippen LogP contribution in [0.4, 0.5) is 0 Å². The smallest absolute Gasteiger partial charge is 0.306 e. The zero-order valence-electron chi connectivity index (χ0n) is 34.7. The summed E-state index contributed by atoms with van der Waals surface area (Å²) in [5, 5.41) is 0. The van der Waals surface area contributed by atoms with E-state index < -0.39 is 6.10 Å². The highest BCUT2D eigenvalue weighted by atomic mass is 16.6. The molecule has 1 atom stereocenters. The van der Waals surface area contributed by atoms with Gasteiger partial charge in [0.1, 0.15) is 13.2 Å². The highest BCUT2D eigenvalue weighted by Crippen LogP contribution is 2.16. The fourth-order valence-corrected chi connectivity index (χ4v) is 6.58. The van der Waals surface area contributed by atoms with Crippen molar-refractivity contribution in [3.63, 3.8) is 0 Å². The van der Waals surface area contributed by atoms with Crippen molar-refractivity contribution in [2.45, 2.75) is 246 Å². The summed E-state index contributed by atoms with van der Waals surface area (Å²) in [5.74, 6) is 0.768. The maximum atomic E-state index is 12.7. The third-order valence-electron chi connectivity index (χ3n) is 9.97. The van der Waals surface area contributed by atoms with Crippen molar-refractivity contribution in [2.75, 3.05) is 13.2 Å². The van der Waals surface area contributed by atoms with Crippen molar-refractivity contribution >= 4 is 17.9 Å². The zero-order valence-corrected chi connectivity index (χ0v) is 34.7. The monoisotopic (exact) mass is 723 g/mol. The number of unbranched alkanes of at least 4 members (excludes halogenated alkanes) is 24. The third kappa shape index (κ3) is 39.5. The van der Waals surface area contributed by atoms with Gasteiger partial charge in [0.25, 0.3) is 0 Å². The molecule has 0 amide bonds. The Kier molecular flexibility index (Phi) is 37.0. The van der Waals surface area contributed by atoms with Gasteiger partial charge in [0.05, 0.1) is 0 Å². The molecule has 0 aliphatic rings. The van der Waals surface area contributed by atoms with Crippen LogP contribution in [0.1, 0.15) is 240 Å². The van der Waals surface area contributed by atoms with E-state index in [1.54, 1.807) is 0 Å². The van der Waals surface area contributed by atoms with Crippen LogP contribution in [0.25, 0.3) is 0 Å². The summed E-state index contributed by atoms with van der Waals surface area (Å²) < 4.78 is 16.6. The molecule has 0 heterocycles. The topological polar surface area (TPSA) is 78.9 Å². The Bertz CT molecular complexity index is 779. The van der Waals surface area contributed by atoms with Gasteiger partial charge in [-0.3, -0.25) is 14.4 Å². The highest BCUT2D eigenvalue weighted by molar-refractivity contribution is 5.71. The molecular formula is C45H86O6. The molecular weight excluding hydrogens is 636 g/mol. The van der Waals surface area contributed by atoms with Crippen molar-refractivity contribution in [3.8, 4) is 0 Å². The van der Waals surface area contributed by atoms with E-state index in [4.69, 9.17) is 14.2 Å². The maximum Gasteiger partial charge on any atom is 0.306 e. The second-order valence-electron chi connectivity index (χ2n) is 16.3. The maximum absolute atomic E-state index is 12.7. The second-order valence-corrected chi connectivity index (χ2v) is 16.3. The molecule has 6 heteroatoms. The van der Waals surface area contributed by atoms with E-state index in [1.165, 1.54) is 128 Å². The first-order valence-electron chi connectivity index (χ1n) is 22.2. The molecule has 0 N–H and O–H groups in total. The predicted molar refractivity (Wildman–Crippen MR) is 215 cm³/mol. The Morgan fingerprint density at radius 2 is 0.647 bits per heavy atom. The molecule has 0 saturated heterocycles. The number of rotatable bonds is 39. The van der Waals surface area contributed by atoms with Crippen molar-refractivity contribution < 1.29 is 28.6 Å². The van der Waals surface area contributed by atoms with Gasteiger partial charge in [-0.1, -0.05) is 202 Å². The minimum atomic E-state index is -0.759. The van der Waals surface area contributed by atoms with Crippen molar-refractivity contribution in [1.82, 2.24) is 0 Å². The molecule has 6 nitrogen and oxygen atoms in total. The van der Waals surface area contributed by atoms with E-state index in [0.717, 1.165) is 69.6 Å². The number of ether oxygens (including phenoxy) is 3. The Balaban J connectivity index is 4.29. The molecule has 0 rings (SSSR count). The molecule has 0 aliphatic carbocycles. The molecule has 0 aromatic heterocycles. The molecule has 0 aromatic carbocycles. The van der Waals surface area contributed by atoms with Crippen LogP contribution in [0.15, 0.2) is 0 Å². The molecule has 0 radical (unpaired) electrons. The van der Waals surface area contributed by atoms with E-state index in [0.29, 0.717) is 19.3 Å². The number of carbonyl (C=O) groups excluding carboxylic acids is 3. The summed E-state index contributed by atoms with van der Waals surface area (Å²) >= 11 is 0. The van der Waals surface area contributed by atoms with Gasteiger partial charge in [0, 0.05) is 19.3 Å². The second kappa shape index (κ2) is 38.1. The van der Waals surface area contributed by atoms with Gasteiger partial charge in [0.15, 0.2) is 6.10 Å². The van der Waals surface area contributed by atoms with Crippen LogP contribution in [-0.4, -0.2) is 37.2 Å². The largest absolute Gasteiger partial charge is 0.462 e. The third-order valence-corrected chi connectivity index (χ3v) is 9.97. The average Bonchev–Trinajstić information content (AvgIpc) is 3.09. The number of esters is 3. The summed E-state index contributed by atoms with van der Waals surface area (Å²) in [4.78, 5) is 37.5. The van der Waals surface area contributed by atoms with Gasteiger partial charge in [-0.05, 0) is 31.1 Å². The van der Waals surface area contributed by atoms with Gasteiger partial charge in [0.2, 0.25) is 0 Å². The van der Waals surface area contributed by atoms with Crippen LogP contribution in [-0.2, 0) is 28.6 Å². The summed E-state index contributed by atoms with van der Waals surface area (Å²) in [6.07, 6.45) is 35.3. The average molecular weight is 723 g/mol. The number of hydrogen-bond acceptors (Lipinski definition) is 6. The van der Waals surface area contributed by atoms with E-state index in [-0.39, 0.29) is 31.1 Å². The van der Waals surface area contributed by atoms with E-state index in [1.807, 2.05) is 0 Å². The Hall–Kier alpha value is -1.59. The van der Waals surface area contributed by atoms with Gasteiger partial charge in [-0.15, -0.1) is 0 Å². The van der Waals surface area contributed by atoms with Crippen LogP contribution in [0.2, 0.25) is 0 Å². The lowest BCUT2D eigenvalue weighted by molar-refractivity contribution is -0.167.